The first kappa shape index (κ1) is 13.3. The number of rotatable bonds is 4. The minimum atomic E-state index is -0.311. The average molecular weight is 246 g/mol. The molecule has 18 heavy (non-hydrogen) atoms. The molecule has 98 valence electrons. The van der Waals surface area contributed by atoms with Crippen LogP contribution in [0.5, 0.6) is 0 Å². The topological polar surface area (TPSA) is 26.3 Å². The molecule has 0 saturated carbocycles. The van der Waals surface area contributed by atoms with Gasteiger partial charge >= 0.3 is 0 Å². The second-order valence-corrected chi connectivity index (χ2v) is 5.23. The number of hydrogen-bond acceptors (Lipinski definition) is 2. The van der Waals surface area contributed by atoms with Crippen LogP contribution in [0, 0.1) is 5.92 Å². The van der Waals surface area contributed by atoms with Gasteiger partial charge in [-0.2, -0.15) is 0 Å². The fraction of sp³-hybridized carbons (Fsp3) is 0.562. The molecule has 2 nitrogen and oxygen atoms in total. The maximum absolute atomic E-state index is 12.8. The van der Waals surface area contributed by atoms with Crippen LogP contribution >= 0.6 is 0 Å². The molecule has 1 atom stereocenters. The molecule has 0 aromatic heterocycles. The molecule has 2 heteroatoms. The minimum Gasteiger partial charge on any atom is -0.381 e. The first-order chi connectivity index (χ1) is 8.70. The van der Waals surface area contributed by atoms with E-state index in [1.165, 1.54) is 5.56 Å². The molecule has 1 fully saturated rings. The number of carbonyl (C=O) groups is 1. The van der Waals surface area contributed by atoms with Gasteiger partial charge in [-0.15, -0.1) is 0 Å². The monoisotopic (exact) mass is 246 g/mol. The van der Waals surface area contributed by atoms with Gasteiger partial charge in [0.1, 0.15) is 5.78 Å². The van der Waals surface area contributed by atoms with Gasteiger partial charge in [-0.3, -0.25) is 4.79 Å². The largest absolute Gasteiger partial charge is 0.381 e. The Bertz CT molecular complexity index is 391. The number of carbonyl (C=O) groups excluding carboxylic acids is 1. The van der Waals surface area contributed by atoms with E-state index in [0.717, 1.165) is 19.3 Å². The number of hydrogen-bond donors (Lipinski definition) is 0. The zero-order valence-electron chi connectivity index (χ0n) is 11.3. The van der Waals surface area contributed by atoms with Crippen LogP contribution in [0.2, 0.25) is 0 Å². The number of benzene rings is 1. The van der Waals surface area contributed by atoms with Crippen molar-refractivity contribution in [1.29, 1.82) is 0 Å². The maximum Gasteiger partial charge on any atom is 0.146 e. The van der Waals surface area contributed by atoms with Crippen molar-refractivity contribution < 1.29 is 9.53 Å². The van der Waals surface area contributed by atoms with Crippen LogP contribution in [0.3, 0.4) is 0 Å². The fourth-order valence-corrected chi connectivity index (χ4v) is 2.81. The van der Waals surface area contributed by atoms with Gasteiger partial charge in [-0.05, 0) is 24.8 Å². The Morgan fingerprint density at radius 2 is 1.89 bits per heavy atom. The second kappa shape index (κ2) is 5.66. The lowest BCUT2D eigenvalue weighted by atomic mass is 9.67. The summed E-state index contributed by atoms with van der Waals surface area (Å²) in [5, 5.41) is 0. The molecule has 0 radical (unpaired) electrons. The van der Waals surface area contributed by atoms with Crippen LogP contribution in [0.15, 0.2) is 30.3 Å². The minimum absolute atomic E-state index is 0.128. The zero-order valence-corrected chi connectivity index (χ0v) is 11.3. The first-order valence-electron chi connectivity index (χ1n) is 6.88. The summed E-state index contributed by atoms with van der Waals surface area (Å²) in [6.07, 6.45) is 2.55. The molecule has 0 bridgehead atoms. The Kier molecular flexibility index (Phi) is 4.18. The maximum atomic E-state index is 12.8. The summed E-state index contributed by atoms with van der Waals surface area (Å²) >= 11 is 0. The van der Waals surface area contributed by atoms with Crippen molar-refractivity contribution in [2.75, 3.05) is 13.2 Å². The van der Waals surface area contributed by atoms with Gasteiger partial charge in [-0.1, -0.05) is 44.2 Å². The highest BCUT2D eigenvalue weighted by molar-refractivity contribution is 5.92. The molecule has 1 aliphatic rings. The Morgan fingerprint density at radius 3 is 2.44 bits per heavy atom. The lowest BCUT2D eigenvalue weighted by Crippen LogP contribution is -2.44. The van der Waals surface area contributed by atoms with Crippen molar-refractivity contribution >= 4 is 5.78 Å². The van der Waals surface area contributed by atoms with E-state index in [2.05, 4.69) is 19.1 Å². The van der Waals surface area contributed by atoms with Gasteiger partial charge in [0, 0.05) is 19.1 Å². The van der Waals surface area contributed by atoms with Gasteiger partial charge in [0.25, 0.3) is 0 Å². The average Bonchev–Trinajstić information content (AvgIpc) is 2.47. The summed E-state index contributed by atoms with van der Waals surface area (Å²) in [5.74, 6) is 0.516. The Hall–Kier alpha value is -1.15. The first-order valence-corrected chi connectivity index (χ1v) is 6.88. The molecule has 1 aliphatic heterocycles. The number of ether oxygens (including phenoxy) is 1. The summed E-state index contributed by atoms with van der Waals surface area (Å²) in [5.41, 5.74) is 0.855. The third kappa shape index (κ3) is 2.35. The van der Waals surface area contributed by atoms with Gasteiger partial charge in [0.2, 0.25) is 0 Å². The highest BCUT2D eigenvalue weighted by Crippen LogP contribution is 2.38. The van der Waals surface area contributed by atoms with Crippen molar-refractivity contribution in [3.63, 3.8) is 0 Å². The molecular formula is C16H22O2. The normalized spacial score (nSPS) is 20.3. The van der Waals surface area contributed by atoms with Crippen LogP contribution in [0.4, 0.5) is 0 Å². The van der Waals surface area contributed by atoms with Crippen LogP contribution in [-0.4, -0.2) is 19.0 Å². The predicted octanol–water partition coefficient (Wildman–Crippen LogP) is 3.35. The Balaban J connectivity index is 2.37. The second-order valence-electron chi connectivity index (χ2n) is 5.23. The molecule has 0 N–H and O–H groups in total. The van der Waals surface area contributed by atoms with Crippen LogP contribution < -0.4 is 0 Å². The molecule has 0 spiro atoms. The summed E-state index contributed by atoms with van der Waals surface area (Å²) in [6, 6.07) is 10.2. The van der Waals surface area contributed by atoms with Crippen molar-refractivity contribution in [3.8, 4) is 0 Å². The standard InChI is InChI=1S/C16H22O2/c1-3-13(2)15(17)16(9-11-18-12-10-16)14-7-5-4-6-8-14/h4-8,13H,3,9-12H2,1-2H3. The molecule has 0 aliphatic carbocycles. The molecule has 1 aromatic carbocycles. The van der Waals surface area contributed by atoms with E-state index in [1.54, 1.807) is 0 Å². The van der Waals surface area contributed by atoms with E-state index in [-0.39, 0.29) is 11.3 Å². The fourth-order valence-electron chi connectivity index (χ4n) is 2.81. The molecule has 1 aromatic rings. The van der Waals surface area contributed by atoms with Crippen molar-refractivity contribution in [2.24, 2.45) is 5.92 Å². The summed E-state index contributed by atoms with van der Waals surface area (Å²) in [7, 11) is 0. The lowest BCUT2D eigenvalue weighted by Gasteiger charge is -2.38. The molecular weight excluding hydrogens is 224 g/mol. The van der Waals surface area contributed by atoms with Gasteiger partial charge in [-0.25, -0.2) is 0 Å². The lowest BCUT2D eigenvalue weighted by molar-refractivity contribution is -0.131. The van der Waals surface area contributed by atoms with E-state index in [4.69, 9.17) is 4.74 Å². The van der Waals surface area contributed by atoms with Crippen LogP contribution in [0.25, 0.3) is 0 Å². The molecule has 1 saturated heterocycles. The number of ketones is 1. The molecule has 1 heterocycles. The smallest absolute Gasteiger partial charge is 0.146 e. The third-order valence-corrected chi connectivity index (χ3v) is 4.20. The quantitative estimate of drug-likeness (QED) is 0.814. The Labute approximate surface area is 109 Å². The summed E-state index contributed by atoms with van der Waals surface area (Å²) in [4.78, 5) is 12.8. The van der Waals surface area contributed by atoms with Crippen molar-refractivity contribution in [3.05, 3.63) is 35.9 Å². The van der Waals surface area contributed by atoms with E-state index >= 15 is 0 Å². The molecule has 0 amide bonds. The van der Waals surface area contributed by atoms with Crippen molar-refractivity contribution in [1.82, 2.24) is 0 Å². The van der Waals surface area contributed by atoms with E-state index in [0.29, 0.717) is 19.0 Å². The van der Waals surface area contributed by atoms with Crippen LogP contribution in [0.1, 0.15) is 38.7 Å². The highest BCUT2D eigenvalue weighted by atomic mass is 16.5. The molecule has 2 rings (SSSR count). The highest BCUT2D eigenvalue weighted by Gasteiger charge is 2.42. The van der Waals surface area contributed by atoms with Crippen LogP contribution in [-0.2, 0) is 14.9 Å². The molecule has 1 unspecified atom stereocenters. The van der Waals surface area contributed by atoms with Gasteiger partial charge in [0.15, 0.2) is 0 Å². The van der Waals surface area contributed by atoms with E-state index in [1.807, 2.05) is 25.1 Å². The van der Waals surface area contributed by atoms with E-state index in [9.17, 15) is 4.79 Å². The van der Waals surface area contributed by atoms with Gasteiger partial charge < -0.3 is 4.74 Å². The van der Waals surface area contributed by atoms with Crippen molar-refractivity contribution in [2.45, 2.75) is 38.5 Å². The third-order valence-electron chi connectivity index (χ3n) is 4.20. The predicted molar refractivity (Wildman–Crippen MR) is 72.6 cm³/mol. The summed E-state index contributed by atoms with van der Waals surface area (Å²) in [6.45, 7) is 5.51. The summed E-state index contributed by atoms with van der Waals surface area (Å²) < 4.78 is 5.46. The Morgan fingerprint density at radius 1 is 1.28 bits per heavy atom. The SMILES string of the molecule is CCC(C)C(=O)C1(c2ccccc2)CCOCC1. The van der Waals surface area contributed by atoms with E-state index < -0.39 is 0 Å². The van der Waals surface area contributed by atoms with Gasteiger partial charge in [0.05, 0.1) is 5.41 Å². The zero-order chi connectivity index (χ0) is 13.0. The number of Topliss-reactive ketones (excluding diaryl/α,β-unsaturated/α-hetero) is 1.